The van der Waals surface area contributed by atoms with Crippen LogP contribution in [-0.4, -0.2) is 124 Å². The highest BCUT2D eigenvalue weighted by Crippen LogP contribution is 2.29. The van der Waals surface area contributed by atoms with Crippen molar-refractivity contribution in [1.29, 1.82) is 0 Å². The zero-order valence-corrected chi connectivity index (χ0v) is 16.4. The molecule has 30 heavy (non-hydrogen) atoms. The molecule has 2 fully saturated rings. The van der Waals surface area contributed by atoms with Crippen LogP contribution < -0.4 is 5.32 Å². The fourth-order valence-corrected chi connectivity index (χ4v) is 3.42. The van der Waals surface area contributed by atoms with Gasteiger partial charge in [-0.05, 0) is 0 Å². The van der Waals surface area contributed by atoms with Crippen molar-refractivity contribution in [3.05, 3.63) is 0 Å². The summed E-state index contributed by atoms with van der Waals surface area (Å²) < 4.78 is 49.9. The minimum absolute atomic E-state index is 0.683. The van der Waals surface area contributed by atoms with Crippen LogP contribution in [0.1, 0.15) is 6.92 Å². The molecule has 0 aliphatic carbocycles. The van der Waals surface area contributed by atoms with Crippen LogP contribution in [0.3, 0.4) is 0 Å². The molecule has 8 N–H and O–H groups in total. The normalized spacial score (nSPS) is 42.7. The Kier molecular flexibility index (Phi) is 8.47. The van der Waals surface area contributed by atoms with Crippen molar-refractivity contribution in [3.63, 3.8) is 0 Å². The topological polar surface area (TPSA) is 242 Å². The number of nitrogens with one attached hydrogen (secondary N) is 1. The summed E-state index contributed by atoms with van der Waals surface area (Å²) in [6, 6.07) is -1.47. The van der Waals surface area contributed by atoms with Crippen molar-refractivity contribution in [2.24, 2.45) is 0 Å². The van der Waals surface area contributed by atoms with E-state index >= 15 is 0 Å². The minimum atomic E-state index is -4.92. The molecule has 1 unspecified atom stereocenters. The van der Waals surface area contributed by atoms with Crippen LogP contribution >= 0.6 is 0 Å². The predicted octanol–water partition coefficient (Wildman–Crippen LogP) is -5.43. The molecular formula is C14H25NO14S. The second-order valence-corrected chi connectivity index (χ2v) is 7.88. The number of hydrogen-bond donors (Lipinski definition) is 8. The number of ether oxygens (including phenoxy) is 3. The summed E-state index contributed by atoms with van der Waals surface area (Å²) in [4.78, 5) is 11.5. The average Bonchev–Trinajstić information content (AvgIpc) is 2.65. The first-order valence-electron chi connectivity index (χ1n) is 8.72. The summed E-state index contributed by atoms with van der Waals surface area (Å²) in [7, 11) is -4.92. The maximum Gasteiger partial charge on any atom is 0.397 e. The first-order chi connectivity index (χ1) is 13.9. The molecular weight excluding hydrogens is 438 g/mol. The van der Waals surface area contributed by atoms with Crippen LogP contribution in [0, 0.1) is 0 Å². The Morgan fingerprint density at radius 1 is 1.00 bits per heavy atom. The molecule has 0 saturated carbocycles. The van der Waals surface area contributed by atoms with Crippen LogP contribution in [0.4, 0.5) is 0 Å². The molecule has 2 aliphatic rings. The molecule has 1 amide bonds. The van der Waals surface area contributed by atoms with E-state index in [1.54, 1.807) is 0 Å². The van der Waals surface area contributed by atoms with E-state index in [-0.39, 0.29) is 0 Å². The smallest absolute Gasteiger partial charge is 0.394 e. The third kappa shape index (κ3) is 6.02. The van der Waals surface area contributed by atoms with Crippen LogP contribution in [0.5, 0.6) is 0 Å². The summed E-state index contributed by atoms with van der Waals surface area (Å²) in [5, 5.41) is 62.0. The van der Waals surface area contributed by atoms with Gasteiger partial charge in [-0.1, -0.05) is 0 Å². The summed E-state index contributed by atoms with van der Waals surface area (Å²) in [6.45, 7) is -0.629. The highest BCUT2D eigenvalue weighted by molar-refractivity contribution is 7.80. The van der Waals surface area contributed by atoms with E-state index < -0.39 is 90.9 Å². The lowest BCUT2D eigenvalue weighted by atomic mass is 9.95. The van der Waals surface area contributed by atoms with Gasteiger partial charge in [0.1, 0.15) is 48.8 Å². The van der Waals surface area contributed by atoms with E-state index in [4.69, 9.17) is 18.8 Å². The molecule has 0 radical (unpaired) electrons. The zero-order chi connectivity index (χ0) is 22.8. The molecule has 2 heterocycles. The highest BCUT2D eigenvalue weighted by atomic mass is 32.3. The Bertz CT molecular complexity index is 690. The molecule has 0 aromatic heterocycles. The number of carbonyl (C=O) groups excluding carboxylic acids is 1. The lowest BCUT2D eigenvalue weighted by Crippen LogP contribution is -2.67. The van der Waals surface area contributed by atoms with Crippen molar-refractivity contribution in [2.75, 3.05) is 13.2 Å². The third-order valence-corrected chi connectivity index (χ3v) is 5.02. The van der Waals surface area contributed by atoms with E-state index in [1.807, 2.05) is 0 Å². The third-order valence-electron chi connectivity index (χ3n) is 4.58. The van der Waals surface area contributed by atoms with E-state index in [0.717, 1.165) is 6.92 Å². The molecule has 2 rings (SSSR count). The number of carbonyl (C=O) groups is 1. The summed E-state index contributed by atoms with van der Waals surface area (Å²) >= 11 is 0. The molecule has 16 heteroatoms. The van der Waals surface area contributed by atoms with Crippen molar-refractivity contribution < 1.29 is 66.8 Å². The molecule has 15 nitrogen and oxygen atoms in total. The molecule has 0 bridgehead atoms. The largest absolute Gasteiger partial charge is 0.397 e. The molecule has 2 aliphatic heterocycles. The van der Waals surface area contributed by atoms with Crippen LogP contribution in [0.25, 0.3) is 0 Å². The van der Waals surface area contributed by atoms with Gasteiger partial charge in [0, 0.05) is 6.92 Å². The van der Waals surface area contributed by atoms with Gasteiger partial charge in [-0.3, -0.25) is 9.35 Å². The second-order valence-electron chi connectivity index (χ2n) is 6.79. The van der Waals surface area contributed by atoms with Gasteiger partial charge in [0.05, 0.1) is 13.2 Å². The molecule has 176 valence electrons. The van der Waals surface area contributed by atoms with Crippen molar-refractivity contribution in [2.45, 2.75) is 68.3 Å². The van der Waals surface area contributed by atoms with Crippen LogP contribution in [-0.2, 0) is 33.6 Å². The number of aliphatic hydroxyl groups is 6. The quantitative estimate of drug-likeness (QED) is 0.164. The van der Waals surface area contributed by atoms with Gasteiger partial charge < -0.3 is 50.2 Å². The highest BCUT2D eigenvalue weighted by Gasteiger charge is 2.51. The monoisotopic (exact) mass is 463 g/mol. The van der Waals surface area contributed by atoms with E-state index in [2.05, 4.69) is 9.50 Å². The number of rotatable bonds is 7. The SMILES string of the molecule is CC(=O)N[C@H]1[C@H](O[C@H]2[C@@H](O)[C@@H](CO)OC(O)[C@@H]2O)O[C@H](COS(=O)(=O)O)[C@@H](O)[C@@H]1O. The fourth-order valence-electron chi connectivity index (χ4n) is 3.11. The van der Waals surface area contributed by atoms with E-state index in [1.165, 1.54) is 0 Å². The zero-order valence-electron chi connectivity index (χ0n) is 15.6. The predicted molar refractivity (Wildman–Crippen MR) is 90.6 cm³/mol. The Morgan fingerprint density at radius 3 is 2.17 bits per heavy atom. The number of hydrogen-bond acceptors (Lipinski definition) is 13. The fraction of sp³-hybridized carbons (Fsp3) is 0.929. The van der Waals surface area contributed by atoms with Crippen LogP contribution in [0.2, 0.25) is 0 Å². The maximum atomic E-state index is 11.5. The second kappa shape index (κ2) is 10.1. The Labute approximate surface area is 170 Å². The van der Waals surface area contributed by atoms with Gasteiger partial charge in [-0.2, -0.15) is 8.42 Å². The summed E-state index contributed by atoms with van der Waals surface area (Å²) in [5.74, 6) is -0.683. The van der Waals surface area contributed by atoms with Gasteiger partial charge in [0.15, 0.2) is 12.6 Å². The Morgan fingerprint density at radius 2 is 1.63 bits per heavy atom. The van der Waals surface area contributed by atoms with Crippen molar-refractivity contribution in [1.82, 2.24) is 5.32 Å². The van der Waals surface area contributed by atoms with Gasteiger partial charge in [-0.25, -0.2) is 4.18 Å². The van der Waals surface area contributed by atoms with Gasteiger partial charge in [0.25, 0.3) is 0 Å². The Balaban J connectivity index is 2.25. The maximum absolute atomic E-state index is 11.5. The van der Waals surface area contributed by atoms with Crippen molar-refractivity contribution >= 4 is 16.3 Å². The average molecular weight is 463 g/mol. The van der Waals surface area contributed by atoms with E-state index in [0.29, 0.717) is 0 Å². The number of amides is 1. The first-order valence-corrected chi connectivity index (χ1v) is 10.1. The molecule has 10 atom stereocenters. The van der Waals surface area contributed by atoms with Crippen molar-refractivity contribution in [3.8, 4) is 0 Å². The molecule has 0 spiro atoms. The van der Waals surface area contributed by atoms with Gasteiger partial charge in [-0.15, -0.1) is 0 Å². The minimum Gasteiger partial charge on any atom is -0.394 e. The summed E-state index contributed by atoms with van der Waals surface area (Å²) in [5.41, 5.74) is 0. The number of aliphatic hydroxyl groups excluding tert-OH is 6. The first kappa shape index (κ1) is 25.2. The molecule has 0 aromatic carbocycles. The van der Waals surface area contributed by atoms with Gasteiger partial charge >= 0.3 is 10.4 Å². The van der Waals surface area contributed by atoms with E-state index in [9.17, 15) is 43.9 Å². The Hall–Kier alpha value is -1.02. The van der Waals surface area contributed by atoms with Gasteiger partial charge in [0.2, 0.25) is 5.91 Å². The van der Waals surface area contributed by atoms with Crippen LogP contribution in [0.15, 0.2) is 0 Å². The lowest BCUT2D eigenvalue weighted by Gasteiger charge is -2.46. The molecule has 0 aromatic rings. The molecule has 2 saturated heterocycles. The standard InChI is InChI=1S/C14H25NO14S/c1-4(17)15-7-10(20)8(18)6(3-26-30(23,24)25)28-14(7)29-12-9(19)5(2-16)27-13(22)11(12)21/h5-14,16,18-22H,2-3H2,1H3,(H,15,17)(H,23,24,25)/t5-,6-,7-,8-,9+,10-,11-,12+,13?,14+/m1/s1. The lowest BCUT2D eigenvalue weighted by molar-refractivity contribution is -0.341. The summed E-state index contributed by atoms with van der Waals surface area (Å²) in [6.07, 6.45) is -15.3.